The molecule has 1 saturated carbocycles. The fraction of sp³-hybridized carbons (Fsp3) is 0.455. The third-order valence-corrected chi connectivity index (χ3v) is 6.01. The van der Waals surface area contributed by atoms with Crippen LogP contribution in [-0.4, -0.2) is 35.8 Å². The van der Waals surface area contributed by atoms with Crippen molar-refractivity contribution in [1.82, 2.24) is 4.90 Å². The minimum absolute atomic E-state index is 0.180. The summed E-state index contributed by atoms with van der Waals surface area (Å²) >= 11 is 0. The third kappa shape index (κ3) is 3.46. The van der Waals surface area contributed by atoms with Crippen LogP contribution in [0, 0.1) is 11.8 Å². The summed E-state index contributed by atoms with van der Waals surface area (Å²) in [6, 6.07) is 5.24. The van der Waals surface area contributed by atoms with Crippen molar-refractivity contribution in [2.45, 2.75) is 45.3 Å². The number of carbonyl (C=O) groups is 3. The van der Waals surface area contributed by atoms with E-state index in [4.69, 9.17) is 13.9 Å². The maximum absolute atomic E-state index is 12.7. The monoisotopic (exact) mass is 413 g/mol. The lowest BCUT2D eigenvalue weighted by molar-refractivity contribution is -0.159. The number of amides is 2. The highest BCUT2D eigenvalue weighted by molar-refractivity contribution is 6.07. The van der Waals surface area contributed by atoms with Crippen LogP contribution in [0.25, 0.3) is 11.0 Å². The Morgan fingerprint density at radius 2 is 1.80 bits per heavy atom. The molecule has 2 aromatic rings. The van der Waals surface area contributed by atoms with E-state index < -0.39 is 17.6 Å². The van der Waals surface area contributed by atoms with Gasteiger partial charge in [0, 0.05) is 23.1 Å². The lowest BCUT2D eigenvalue weighted by atomic mass is 9.81. The Kier molecular flexibility index (Phi) is 5.32. The van der Waals surface area contributed by atoms with Gasteiger partial charge in [-0.1, -0.05) is 12.8 Å². The zero-order valence-electron chi connectivity index (χ0n) is 16.9. The van der Waals surface area contributed by atoms with E-state index in [1.165, 1.54) is 20.1 Å². The zero-order chi connectivity index (χ0) is 21.4. The highest BCUT2D eigenvalue weighted by Crippen LogP contribution is 2.39. The molecule has 3 atom stereocenters. The van der Waals surface area contributed by atoms with Crippen LogP contribution in [0.3, 0.4) is 0 Å². The lowest BCUT2D eigenvalue weighted by Crippen LogP contribution is -2.44. The predicted octanol–water partition coefficient (Wildman–Crippen LogP) is 2.41. The summed E-state index contributed by atoms with van der Waals surface area (Å²) in [6.07, 6.45) is 3.20. The molecule has 0 bridgehead atoms. The first-order chi connectivity index (χ1) is 14.4. The second kappa shape index (κ2) is 7.93. The molecule has 8 nitrogen and oxygen atoms in total. The van der Waals surface area contributed by atoms with Crippen LogP contribution in [0.4, 0.5) is 0 Å². The van der Waals surface area contributed by atoms with E-state index in [9.17, 15) is 19.2 Å². The van der Waals surface area contributed by atoms with E-state index in [0.717, 1.165) is 17.7 Å². The molecule has 0 N–H and O–H groups in total. The molecule has 0 radical (unpaired) electrons. The Bertz CT molecular complexity index is 1050. The number of rotatable bonds is 5. The number of hydrogen-bond acceptors (Lipinski definition) is 7. The van der Waals surface area contributed by atoms with Crippen molar-refractivity contribution < 1.29 is 28.3 Å². The van der Waals surface area contributed by atoms with Gasteiger partial charge in [0.15, 0.2) is 0 Å². The molecule has 4 rings (SSSR count). The highest BCUT2D eigenvalue weighted by atomic mass is 16.5. The van der Waals surface area contributed by atoms with Gasteiger partial charge in [-0.05, 0) is 31.9 Å². The van der Waals surface area contributed by atoms with E-state index in [1.807, 2.05) is 0 Å². The van der Waals surface area contributed by atoms with Crippen LogP contribution in [0.15, 0.2) is 33.5 Å². The molecule has 2 heterocycles. The number of imide groups is 1. The Morgan fingerprint density at radius 3 is 2.43 bits per heavy atom. The van der Waals surface area contributed by atoms with Crippen molar-refractivity contribution in [3.05, 3.63) is 40.2 Å². The molecule has 2 amide bonds. The second-order valence-electron chi connectivity index (χ2n) is 7.78. The summed E-state index contributed by atoms with van der Waals surface area (Å²) in [6.45, 7) is 1.32. The van der Waals surface area contributed by atoms with Gasteiger partial charge in [0.05, 0.1) is 18.9 Å². The normalized spacial score (nSPS) is 22.1. The molecule has 1 aliphatic carbocycles. The molecule has 8 heteroatoms. The Labute approximate surface area is 172 Å². The number of ether oxygens (including phenoxy) is 2. The number of esters is 1. The van der Waals surface area contributed by atoms with Crippen molar-refractivity contribution >= 4 is 28.8 Å². The van der Waals surface area contributed by atoms with Crippen molar-refractivity contribution in [1.29, 1.82) is 0 Å². The van der Waals surface area contributed by atoms with Crippen LogP contribution in [0.1, 0.15) is 38.2 Å². The summed E-state index contributed by atoms with van der Waals surface area (Å²) in [7, 11) is 1.50. The molecule has 1 aliphatic heterocycles. The zero-order valence-corrected chi connectivity index (χ0v) is 16.9. The smallest absolute Gasteiger partial charge is 0.336 e. The molecule has 2 aliphatic rings. The lowest BCUT2D eigenvalue weighted by Gasteiger charge is -2.21. The van der Waals surface area contributed by atoms with Crippen molar-refractivity contribution in [2.75, 3.05) is 7.11 Å². The average molecular weight is 413 g/mol. The van der Waals surface area contributed by atoms with Gasteiger partial charge < -0.3 is 13.9 Å². The van der Waals surface area contributed by atoms with Crippen LogP contribution in [0.2, 0.25) is 0 Å². The van der Waals surface area contributed by atoms with E-state index in [0.29, 0.717) is 35.1 Å². The quantitative estimate of drug-likeness (QED) is 0.421. The average Bonchev–Trinajstić information content (AvgIpc) is 3.01. The number of benzene rings is 1. The first kappa shape index (κ1) is 20.1. The number of fused-ring (bicyclic) bond motifs is 2. The first-order valence-corrected chi connectivity index (χ1v) is 10.0. The molecule has 1 saturated heterocycles. The molecule has 30 heavy (non-hydrogen) atoms. The third-order valence-electron chi connectivity index (χ3n) is 6.01. The number of likely N-dealkylation sites (tertiary alicyclic amines) is 1. The molecular weight excluding hydrogens is 390 g/mol. The predicted molar refractivity (Wildman–Crippen MR) is 106 cm³/mol. The van der Waals surface area contributed by atoms with Crippen molar-refractivity contribution in [3.8, 4) is 5.75 Å². The molecule has 158 valence electrons. The van der Waals surface area contributed by atoms with Crippen LogP contribution >= 0.6 is 0 Å². The molecule has 0 unspecified atom stereocenters. The Morgan fingerprint density at radius 1 is 1.13 bits per heavy atom. The fourth-order valence-corrected chi connectivity index (χ4v) is 4.40. The van der Waals surface area contributed by atoms with Crippen LogP contribution in [-0.2, 0) is 25.7 Å². The second-order valence-corrected chi connectivity index (χ2v) is 7.78. The number of methoxy groups -OCH3 is 1. The van der Waals surface area contributed by atoms with Crippen molar-refractivity contribution in [3.63, 3.8) is 0 Å². The van der Waals surface area contributed by atoms with Gasteiger partial charge in [0.25, 0.3) is 0 Å². The minimum atomic E-state index is -1.01. The summed E-state index contributed by atoms with van der Waals surface area (Å²) < 4.78 is 15.7. The van der Waals surface area contributed by atoms with Gasteiger partial charge in [-0.3, -0.25) is 14.5 Å². The molecular formula is C22H23NO7. The van der Waals surface area contributed by atoms with Gasteiger partial charge in [0.1, 0.15) is 24.0 Å². The van der Waals surface area contributed by atoms with E-state index in [1.54, 1.807) is 18.2 Å². The number of nitrogens with zero attached hydrogens (tertiary/aromatic N) is 1. The Hall–Kier alpha value is -3.16. The Balaban J connectivity index is 1.50. The molecule has 1 aromatic heterocycles. The van der Waals surface area contributed by atoms with Crippen LogP contribution in [0.5, 0.6) is 5.75 Å². The van der Waals surface area contributed by atoms with E-state index in [-0.39, 0.29) is 30.3 Å². The van der Waals surface area contributed by atoms with Gasteiger partial charge in [-0.2, -0.15) is 0 Å². The first-order valence-electron chi connectivity index (χ1n) is 10.0. The molecule has 1 aromatic carbocycles. The SMILES string of the molecule is COc1ccc2c(COC(=O)[C@H](C)N3C(=O)[C@@H]4CCCC[C@H]4C3=O)cc(=O)oc2c1. The minimum Gasteiger partial charge on any atom is -0.497 e. The number of hydrogen-bond donors (Lipinski definition) is 0. The largest absolute Gasteiger partial charge is 0.497 e. The summed E-state index contributed by atoms with van der Waals surface area (Å²) in [5.74, 6) is -1.37. The van der Waals surface area contributed by atoms with Crippen LogP contribution < -0.4 is 10.4 Å². The molecule has 0 spiro atoms. The summed E-state index contributed by atoms with van der Waals surface area (Å²) in [5.41, 5.74) is 0.205. The van der Waals surface area contributed by atoms with E-state index in [2.05, 4.69) is 0 Å². The highest BCUT2D eigenvalue weighted by Gasteiger charge is 2.51. The molecule has 2 fully saturated rings. The van der Waals surface area contributed by atoms with Crippen molar-refractivity contribution in [2.24, 2.45) is 11.8 Å². The number of carbonyl (C=O) groups excluding carboxylic acids is 3. The van der Waals surface area contributed by atoms with Gasteiger partial charge >= 0.3 is 11.6 Å². The van der Waals surface area contributed by atoms with Gasteiger partial charge in [0.2, 0.25) is 11.8 Å². The maximum Gasteiger partial charge on any atom is 0.336 e. The standard InChI is InChI=1S/C22H23NO7/c1-12(23-20(25)16-5-3-4-6-17(16)21(23)26)22(27)29-11-13-9-19(24)30-18-10-14(28-2)7-8-15(13)18/h7-10,12,16-17H,3-6,11H2,1-2H3/t12-,16+,17+/m0/s1. The summed E-state index contributed by atoms with van der Waals surface area (Å²) in [5, 5.41) is 0.607. The maximum atomic E-state index is 12.7. The fourth-order valence-electron chi connectivity index (χ4n) is 4.40. The van der Waals surface area contributed by atoms with Gasteiger partial charge in [-0.15, -0.1) is 0 Å². The van der Waals surface area contributed by atoms with Gasteiger partial charge in [-0.25, -0.2) is 9.59 Å². The van der Waals surface area contributed by atoms with E-state index >= 15 is 0 Å². The summed E-state index contributed by atoms with van der Waals surface area (Å²) in [4.78, 5) is 50.9. The topological polar surface area (TPSA) is 103 Å².